The van der Waals surface area contributed by atoms with Gasteiger partial charge in [0.2, 0.25) is 0 Å². The Kier molecular flexibility index (Phi) is 6.14. The van der Waals surface area contributed by atoms with Crippen LogP contribution in [0.1, 0.15) is 86.0 Å². The number of allylic oxidation sites excluding steroid dienone is 3. The summed E-state index contributed by atoms with van der Waals surface area (Å²) < 4.78 is 0. The molecule has 2 N–H and O–H groups in total. The summed E-state index contributed by atoms with van der Waals surface area (Å²) in [4.78, 5) is 0. The molecule has 0 aromatic carbocycles. The van der Waals surface area contributed by atoms with Crippen LogP contribution in [0.2, 0.25) is 0 Å². The summed E-state index contributed by atoms with van der Waals surface area (Å²) in [6.07, 6.45) is 17.3. The molecule has 0 aromatic rings. The summed E-state index contributed by atoms with van der Waals surface area (Å²) in [5.74, 6) is 3.14. The third-order valence-corrected chi connectivity index (χ3v) is 10.4. The molecule has 4 aliphatic carbocycles. The Hall–Kier alpha value is -0.860. The second-order valence-corrected chi connectivity index (χ2v) is 12.4. The molecule has 4 fully saturated rings. The predicted molar refractivity (Wildman–Crippen MR) is 130 cm³/mol. The molecule has 4 saturated carbocycles. The van der Waals surface area contributed by atoms with E-state index in [1.807, 2.05) is 13.8 Å². The molecule has 2 heteroatoms. The Labute approximate surface area is 190 Å². The summed E-state index contributed by atoms with van der Waals surface area (Å²) in [6, 6.07) is 0. The van der Waals surface area contributed by atoms with Crippen molar-refractivity contribution in [3.63, 3.8) is 0 Å². The van der Waals surface area contributed by atoms with Gasteiger partial charge in [0.15, 0.2) is 0 Å². The van der Waals surface area contributed by atoms with Gasteiger partial charge in [0.25, 0.3) is 0 Å². The lowest BCUT2D eigenvalue weighted by Gasteiger charge is -2.44. The first-order valence-electron chi connectivity index (χ1n) is 12.9. The fourth-order valence-electron chi connectivity index (χ4n) is 7.92. The zero-order valence-corrected chi connectivity index (χ0v) is 20.7. The topological polar surface area (TPSA) is 40.5 Å². The van der Waals surface area contributed by atoms with Crippen molar-refractivity contribution in [2.24, 2.45) is 46.3 Å². The number of hydrogen-bond donors (Lipinski definition) is 2. The van der Waals surface area contributed by atoms with E-state index >= 15 is 0 Å². The van der Waals surface area contributed by atoms with E-state index in [1.54, 1.807) is 5.57 Å². The first kappa shape index (κ1) is 23.3. The molecule has 0 aliphatic heterocycles. The third-order valence-electron chi connectivity index (χ3n) is 10.4. The Morgan fingerprint density at radius 1 is 1.16 bits per heavy atom. The number of aliphatic hydroxyl groups excluding tert-OH is 1. The molecule has 0 radical (unpaired) electrons. The molecule has 0 amide bonds. The predicted octanol–water partition coefficient (Wildman–Crippen LogP) is 6.69. The molecule has 0 aromatic heterocycles. The van der Waals surface area contributed by atoms with E-state index in [4.69, 9.17) is 0 Å². The molecule has 0 saturated heterocycles. The highest BCUT2D eigenvalue weighted by Crippen LogP contribution is 2.70. The highest BCUT2D eigenvalue weighted by atomic mass is 16.3. The summed E-state index contributed by atoms with van der Waals surface area (Å²) in [5.41, 5.74) is 2.99. The fourth-order valence-corrected chi connectivity index (χ4v) is 7.92. The molecule has 2 nitrogen and oxygen atoms in total. The van der Waals surface area contributed by atoms with Gasteiger partial charge in [-0.15, -0.1) is 0 Å². The van der Waals surface area contributed by atoms with Gasteiger partial charge in [-0.1, -0.05) is 56.7 Å². The van der Waals surface area contributed by atoms with Gasteiger partial charge >= 0.3 is 0 Å². The molecule has 8 atom stereocenters. The van der Waals surface area contributed by atoms with Gasteiger partial charge in [0, 0.05) is 17.3 Å². The lowest BCUT2D eigenvalue weighted by Crippen LogP contribution is -2.36. The molecule has 31 heavy (non-hydrogen) atoms. The van der Waals surface area contributed by atoms with Gasteiger partial charge in [0.1, 0.15) is 0 Å². The van der Waals surface area contributed by atoms with Crippen molar-refractivity contribution in [1.82, 2.24) is 0 Å². The second-order valence-electron chi connectivity index (χ2n) is 12.4. The Morgan fingerprint density at radius 3 is 2.48 bits per heavy atom. The molecule has 0 bridgehead atoms. The van der Waals surface area contributed by atoms with Crippen LogP contribution in [0.25, 0.3) is 0 Å². The third kappa shape index (κ3) is 3.90. The minimum Gasteiger partial charge on any atom is -0.396 e. The lowest BCUT2D eigenvalue weighted by atomic mass is 9.60. The fraction of sp³-hybridized carbons (Fsp3) is 0.793. The van der Waals surface area contributed by atoms with Crippen molar-refractivity contribution in [3.8, 4) is 0 Å². The van der Waals surface area contributed by atoms with Crippen LogP contribution in [0.5, 0.6) is 0 Å². The second kappa shape index (κ2) is 8.17. The Balaban J connectivity index is 1.52. The van der Waals surface area contributed by atoms with E-state index in [2.05, 4.69) is 45.6 Å². The van der Waals surface area contributed by atoms with Crippen LogP contribution in [-0.4, -0.2) is 22.4 Å². The molecular weight excluding hydrogens is 380 g/mol. The smallest absolute Gasteiger partial charge is 0.0651 e. The number of rotatable bonds is 7. The van der Waals surface area contributed by atoms with Crippen LogP contribution in [0, 0.1) is 46.3 Å². The Morgan fingerprint density at radius 2 is 1.90 bits per heavy atom. The van der Waals surface area contributed by atoms with Crippen molar-refractivity contribution >= 4 is 0 Å². The van der Waals surface area contributed by atoms with E-state index in [-0.39, 0.29) is 23.9 Å². The normalized spacial score (nSPS) is 42.0. The number of aliphatic hydroxyl groups is 2. The van der Waals surface area contributed by atoms with Gasteiger partial charge in [-0.3, -0.25) is 0 Å². The van der Waals surface area contributed by atoms with E-state index in [9.17, 15) is 10.2 Å². The Bertz CT molecular complexity index is 755. The van der Waals surface area contributed by atoms with Crippen LogP contribution >= 0.6 is 0 Å². The minimum atomic E-state index is -0.664. The largest absolute Gasteiger partial charge is 0.396 e. The molecular formula is C29H46O2. The van der Waals surface area contributed by atoms with Crippen LogP contribution in [0.4, 0.5) is 0 Å². The zero-order valence-electron chi connectivity index (χ0n) is 20.7. The number of hydrogen-bond acceptors (Lipinski definition) is 2. The van der Waals surface area contributed by atoms with Crippen molar-refractivity contribution < 1.29 is 10.2 Å². The maximum absolute atomic E-state index is 10.3. The molecule has 4 aliphatic rings. The maximum atomic E-state index is 10.3. The van der Waals surface area contributed by atoms with Gasteiger partial charge < -0.3 is 10.2 Å². The lowest BCUT2D eigenvalue weighted by molar-refractivity contribution is 0.0436. The van der Waals surface area contributed by atoms with E-state index < -0.39 is 5.60 Å². The minimum absolute atomic E-state index is 0.164. The monoisotopic (exact) mass is 426 g/mol. The molecule has 0 spiro atoms. The van der Waals surface area contributed by atoms with Crippen molar-refractivity contribution in [2.45, 2.75) is 91.6 Å². The molecule has 4 rings (SSSR count). The van der Waals surface area contributed by atoms with Crippen LogP contribution in [-0.2, 0) is 0 Å². The van der Waals surface area contributed by atoms with Crippen molar-refractivity contribution in [2.75, 3.05) is 6.61 Å². The molecule has 0 unspecified atom stereocenters. The molecule has 174 valence electrons. The van der Waals surface area contributed by atoms with Crippen LogP contribution < -0.4 is 0 Å². The van der Waals surface area contributed by atoms with E-state index in [0.717, 1.165) is 5.92 Å². The van der Waals surface area contributed by atoms with Crippen LogP contribution in [0.15, 0.2) is 36.0 Å². The van der Waals surface area contributed by atoms with E-state index in [0.29, 0.717) is 23.2 Å². The summed E-state index contributed by atoms with van der Waals surface area (Å²) in [7, 11) is 0. The van der Waals surface area contributed by atoms with Gasteiger partial charge in [-0.05, 0) is 94.3 Å². The quantitative estimate of drug-likeness (QED) is 0.445. The highest BCUT2D eigenvalue weighted by molar-refractivity contribution is 5.34. The summed E-state index contributed by atoms with van der Waals surface area (Å²) >= 11 is 0. The van der Waals surface area contributed by atoms with E-state index in [1.165, 1.54) is 56.9 Å². The van der Waals surface area contributed by atoms with Crippen LogP contribution in [0.3, 0.4) is 0 Å². The first-order valence-corrected chi connectivity index (χ1v) is 12.9. The standard InChI is InChI=1S/C29H46O2/c1-19(9-10-20(2)27(4,5)31)25-13-14-26-22(8-7-15-28(25,26)6)16-24(18-30)29-17-23(29)12-11-21(29)3/h9-10,16,19-20,23-26,30-31H,3,7-8,11-15,17-18H2,1-2,4-6H3/t19-,20+,23-,24+,25-,26+,28-,29+/m1/s1. The highest BCUT2D eigenvalue weighted by Gasteiger charge is 2.62. The first-order chi connectivity index (χ1) is 14.5. The van der Waals surface area contributed by atoms with Crippen molar-refractivity contribution in [3.05, 3.63) is 36.0 Å². The van der Waals surface area contributed by atoms with Gasteiger partial charge in [-0.2, -0.15) is 0 Å². The molecule has 0 heterocycles. The van der Waals surface area contributed by atoms with Gasteiger partial charge in [-0.25, -0.2) is 0 Å². The summed E-state index contributed by atoms with van der Waals surface area (Å²) in [5, 5.41) is 20.6. The average molecular weight is 427 g/mol. The number of fused-ring (bicyclic) bond motifs is 2. The SMILES string of the molecule is C=C1CC[C@@H]2C[C@]12[C@@H](C=C1CCC[C@]2(C)[C@@H]([C@H](C)C=C[C@H](C)C(C)(C)O)CC[C@@H]12)CO. The van der Waals surface area contributed by atoms with Crippen molar-refractivity contribution in [1.29, 1.82) is 0 Å². The maximum Gasteiger partial charge on any atom is 0.0651 e. The zero-order chi connectivity index (χ0) is 22.6. The van der Waals surface area contributed by atoms with Gasteiger partial charge in [0.05, 0.1) is 12.2 Å². The average Bonchev–Trinajstić information content (AvgIpc) is 3.21. The summed E-state index contributed by atoms with van der Waals surface area (Å²) in [6.45, 7) is 15.5.